The lowest BCUT2D eigenvalue weighted by atomic mass is 10.0. The Morgan fingerprint density at radius 2 is 1.75 bits per heavy atom. The Labute approximate surface area is 184 Å². The number of fused-ring (bicyclic) bond motifs is 1. The molecule has 7 nitrogen and oxygen atoms in total. The van der Waals surface area contributed by atoms with Gasteiger partial charge in [0.2, 0.25) is 5.91 Å². The highest BCUT2D eigenvalue weighted by molar-refractivity contribution is 5.95. The van der Waals surface area contributed by atoms with Crippen LogP contribution in [0.2, 0.25) is 0 Å². The smallest absolute Gasteiger partial charge is 0.272 e. The van der Waals surface area contributed by atoms with Crippen molar-refractivity contribution in [3.63, 3.8) is 0 Å². The average molecular weight is 434 g/mol. The lowest BCUT2D eigenvalue weighted by molar-refractivity contribution is -0.127. The minimum atomic E-state index is -0.592. The highest BCUT2D eigenvalue weighted by atomic mass is 19.1. The molecule has 2 heterocycles. The third kappa shape index (κ3) is 4.30. The second-order valence-corrected chi connectivity index (χ2v) is 7.65. The van der Waals surface area contributed by atoms with Crippen LogP contribution < -0.4 is 5.56 Å². The molecule has 0 aliphatic carbocycles. The molecule has 0 bridgehead atoms. The summed E-state index contributed by atoms with van der Waals surface area (Å²) in [4.78, 5) is 40.2. The molecule has 0 radical (unpaired) electrons. The Balaban J connectivity index is 1.54. The molecule has 1 N–H and O–H groups in total. The van der Waals surface area contributed by atoms with Crippen LogP contribution in [0.3, 0.4) is 0 Å². The Bertz CT molecular complexity index is 1260. The summed E-state index contributed by atoms with van der Waals surface area (Å²) in [5.41, 5.74) is 1.07. The van der Waals surface area contributed by atoms with Gasteiger partial charge >= 0.3 is 0 Å². The minimum Gasteiger partial charge on any atom is -0.336 e. The molecular formula is C24H23FN4O3. The van der Waals surface area contributed by atoms with Crippen LogP contribution in [0.5, 0.6) is 0 Å². The number of amides is 2. The third-order valence-corrected chi connectivity index (χ3v) is 5.60. The quantitative estimate of drug-likeness (QED) is 0.640. The van der Waals surface area contributed by atoms with Gasteiger partial charge in [0.25, 0.3) is 11.5 Å². The van der Waals surface area contributed by atoms with Crippen LogP contribution in [0.15, 0.2) is 59.4 Å². The molecule has 0 saturated carbocycles. The van der Waals surface area contributed by atoms with Gasteiger partial charge in [-0.3, -0.25) is 14.4 Å². The van der Waals surface area contributed by atoms with Crippen molar-refractivity contribution in [2.45, 2.75) is 13.3 Å². The second-order valence-electron chi connectivity index (χ2n) is 7.65. The molecule has 2 amide bonds. The van der Waals surface area contributed by atoms with Crippen LogP contribution in [-0.4, -0.2) is 58.0 Å². The zero-order valence-corrected chi connectivity index (χ0v) is 17.7. The number of allylic oxidation sites excluding steroid dienone is 1. The van der Waals surface area contributed by atoms with Crippen molar-refractivity contribution < 1.29 is 14.0 Å². The molecule has 1 aliphatic rings. The van der Waals surface area contributed by atoms with Crippen molar-refractivity contribution in [3.05, 3.63) is 87.6 Å². The van der Waals surface area contributed by atoms with Gasteiger partial charge in [-0.15, -0.1) is 0 Å². The summed E-state index contributed by atoms with van der Waals surface area (Å²) >= 11 is 0. The predicted octanol–water partition coefficient (Wildman–Crippen LogP) is 2.51. The van der Waals surface area contributed by atoms with Crippen molar-refractivity contribution in [2.24, 2.45) is 0 Å². The van der Waals surface area contributed by atoms with Gasteiger partial charge in [-0.2, -0.15) is 5.10 Å². The van der Waals surface area contributed by atoms with Gasteiger partial charge in [0.15, 0.2) is 0 Å². The number of hydrogen-bond donors (Lipinski definition) is 1. The fourth-order valence-electron chi connectivity index (χ4n) is 3.89. The van der Waals surface area contributed by atoms with Crippen LogP contribution in [0.4, 0.5) is 4.39 Å². The maximum Gasteiger partial charge on any atom is 0.272 e. The topological polar surface area (TPSA) is 86.4 Å². The highest BCUT2D eigenvalue weighted by Gasteiger charge is 2.25. The van der Waals surface area contributed by atoms with Gasteiger partial charge < -0.3 is 9.80 Å². The van der Waals surface area contributed by atoms with Gasteiger partial charge in [0.05, 0.1) is 16.6 Å². The van der Waals surface area contributed by atoms with E-state index < -0.39 is 11.7 Å². The largest absolute Gasteiger partial charge is 0.336 e. The number of nitrogens with one attached hydrogen (secondary N) is 1. The Morgan fingerprint density at radius 1 is 1.06 bits per heavy atom. The van der Waals surface area contributed by atoms with Gasteiger partial charge in [-0.25, -0.2) is 9.49 Å². The van der Waals surface area contributed by atoms with E-state index in [1.165, 1.54) is 18.2 Å². The predicted molar refractivity (Wildman–Crippen MR) is 119 cm³/mol. The van der Waals surface area contributed by atoms with Crippen molar-refractivity contribution in [1.82, 2.24) is 20.0 Å². The van der Waals surface area contributed by atoms with E-state index in [2.05, 4.69) is 10.2 Å². The normalized spacial score (nSPS) is 14.3. The fourth-order valence-corrected chi connectivity index (χ4v) is 3.89. The summed E-state index contributed by atoms with van der Waals surface area (Å²) in [5.74, 6) is -1.08. The number of H-pyrrole nitrogens is 1. The van der Waals surface area contributed by atoms with Crippen LogP contribution in [0.1, 0.15) is 28.5 Å². The third-order valence-electron chi connectivity index (χ3n) is 5.60. The van der Waals surface area contributed by atoms with E-state index >= 15 is 0 Å². The van der Waals surface area contributed by atoms with Crippen molar-refractivity contribution in [1.29, 1.82) is 0 Å². The van der Waals surface area contributed by atoms with Gasteiger partial charge in [-0.1, -0.05) is 30.3 Å². The zero-order valence-electron chi connectivity index (χ0n) is 17.7. The summed E-state index contributed by atoms with van der Waals surface area (Å²) in [7, 11) is 0. The lowest BCUT2D eigenvalue weighted by Crippen LogP contribution is -2.50. The molecule has 3 aromatic rings. The molecule has 164 valence electrons. The molecule has 0 atom stereocenters. The number of nitrogens with zero attached hydrogens (tertiary/aromatic N) is 3. The molecule has 0 unspecified atom stereocenters. The van der Waals surface area contributed by atoms with E-state index in [0.717, 1.165) is 5.39 Å². The standard InChI is InChI=1S/C24H23FN4O3/c1-2-5-22(30)28-10-12-29(13-11-28)24(32)19-14-16(8-9-20(19)25)15-21-17-6-3-4-7-18(17)23(31)27-26-21/h2-9,14H,10-13,15H2,1H3,(H,27,31)/b5-2+. The van der Waals surface area contributed by atoms with Crippen LogP contribution in [0.25, 0.3) is 10.8 Å². The summed E-state index contributed by atoms with van der Waals surface area (Å²) in [6.45, 7) is 3.28. The van der Waals surface area contributed by atoms with E-state index in [1.54, 1.807) is 41.0 Å². The van der Waals surface area contributed by atoms with Gasteiger partial charge in [-0.05, 0) is 36.8 Å². The van der Waals surface area contributed by atoms with Gasteiger partial charge in [0, 0.05) is 38.0 Å². The second kappa shape index (κ2) is 9.13. The number of carbonyl (C=O) groups excluding carboxylic acids is 2. The molecule has 2 aromatic carbocycles. The fraction of sp³-hybridized carbons (Fsp3) is 0.250. The van der Waals surface area contributed by atoms with Crippen LogP contribution >= 0.6 is 0 Å². The van der Waals surface area contributed by atoms with E-state index in [9.17, 15) is 18.8 Å². The van der Waals surface area contributed by atoms with Gasteiger partial charge in [0.1, 0.15) is 5.82 Å². The first-order valence-corrected chi connectivity index (χ1v) is 10.4. The maximum absolute atomic E-state index is 14.5. The first-order valence-electron chi connectivity index (χ1n) is 10.4. The molecular weight excluding hydrogens is 411 g/mol. The zero-order chi connectivity index (χ0) is 22.7. The van der Waals surface area contributed by atoms with Crippen molar-refractivity contribution in [2.75, 3.05) is 26.2 Å². The maximum atomic E-state index is 14.5. The molecule has 32 heavy (non-hydrogen) atoms. The molecule has 4 rings (SSSR count). The summed E-state index contributed by atoms with van der Waals surface area (Å²) in [5, 5.41) is 7.90. The summed E-state index contributed by atoms with van der Waals surface area (Å²) in [6.07, 6.45) is 3.51. The number of piperazine rings is 1. The number of carbonyl (C=O) groups is 2. The molecule has 8 heteroatoms. The van der Waals surface area contributed by atoms with Crippen LogP contribution in [-0.2, 0) is 11.2 Å². The number of rotatable bonds is 4. The SMILES string of the molecule is C/C=C/C(=O)N1CCN(C(=O)c2cc(Cc3n[nH]c(=O)c4ccccc34)ccc2F)CC1. The minimum absolute atomic E-state index is 0.00976. The lowest BCUT2D eigenvalue weighted by Gasteiger charge is -2.34. The van der Waals surface area contributed by atoms with E-state index in [4.69, 9.17) is 0 Å². The van der Waals surface area contributed by atoms with Crippen molar-refractivity contribution >= 4 is 22.6 Å². The average Bonchev–Trinajstić information content (AvgIpc) is 2.82. The van der Waals surface area contributed by atoms with E-state index in [-0.39, 0.29) is 17.0 Å². The summed E-state index contributed by atoms with van der Waals surface area (Å²) < 4.78 is 14.5. The molecule has 1 aromatic heterocycles. The number of aromatic amines is 1. The molecule has 1 aliphatic heterocycles. The first-order chi connectivity index (χ1) is 15.5. The molecule has 1 saturated heterocycles. The van der Waals surface area contributed by atoms with E-state index in [0.29, 0.717) is 49.2 Å². The number of halogens is 1. The Hall–Kier alpha value is -3.81. The van der Waals surface area contributed by atoms with E-state index in [1.807, 2.05) is 12.1 Å². The monoisotopic (exact) mass is 434 g/mol. The Kier molecular flexibility index (Phi) is 6.11. The van der Waals surface area contributed by atoms with Crippen molar-refractivity contribution in [3.8, 4) is 0 Å². The molecule has 1 fully saturated rings. The number of benzene rings is 2. The Morgan fingerprint density at radius 3 is 2.47 bits per heavy atom. The molecule has 0 spiro atoms. The number of hydrogen-bond acceptors (Lipinski definition) is 4. The number of aromatic nitrogens is 2. The highest BCUT2D eigenvalue weighted by Crippen LogP contribution is 2.20. The summed E-state index contributed by atoms with van der Waals surface area (Å²) in [6, 6.07) is 11.6. The van der Waals surface area contributed by atoms with Crippen LogP contribution in [0, 0.1) is 5.82 Å². The first kappa shape index (κ1) is 21.4.